The molecule has 0 radical (unpaired) electrons. The van der Waals surface area contributed by atoms with Crippen molar-refractivity contribution in [3.63, 3.8) is 0 Å². The lowest BCUT2D eigenvalue weighted by molar-refractivity contribution is 0.177. The molecule has 2 aromatic rings. The minimum absolute atomic E-state index is 0.0572. The highest BCUT2D eigenvalue weighted by Gasteiger charge is 2.17. The van der Waals surface area contributed by atoms with Gasteiger partial charge in [-0.05, 0) is 55.3 Å². The average molecular weight is 331 g/mol. The maximum Gasteiger partial charge on any atom is 0.161 e. The molecule has 2 atom stereocenters. The maximum atomic E-state index is 9.86. The van der Waals surface area contributed by atoms with Gasteiger partial charge in [-0.1, -0.05) is 6.07 Å². The van der Waals surface area contributed by atoms with Crippen molar-refractivity contribution in [1.82, 2.24) is 0 Å². The summed E-state index contributed by atoms with van der Waals surface area (Å²) in [5.74, 6) is 2.15. The Labute approximate surface area is 143 Å². The number of rotatable bonds is 8. The summed E-state index contributed by atoms with van der Waals surface area (Å²) in [4.78, 5) is 0. The molecule has 0 spiro atoms. The number of methoxy groups -OCH3 is 3. The van der Waals surface area contributed by atoms with Crippen LogP contribution in [0.25, 0.3) is 0 Å². The van der Waals surface area contributed by atoms with E-state index in [1.165, 1.54) is 0 Å². The van der Waals surface area contributed by atoms with Crippen molar-refractivity contribution in [3.8, 4) is 17.2 Å². The summed E-state index contributed by atoms with van der Waals surface area (Å²) < 4.78 is 15.8. The van der Waals surface area contributed by atoms with Crippen LogP contribution >= 0.6 is 0 Å². The number of aliphatic hydroxyl groups excluding tert-OH is 1. The first-order valence-electron chi connectivity index (χ1n) is 7.88. The summed E-state index contributed by atoms with van der Waals surface area (Å²) in [7, 11) is 4.87. The zero-order chi connectivity index (χ0) is 17.5. The van der Waals surface area contributed by atoms with Crippen LogP contribution < -0.4 is 19.5 Å². The molecular formula is C19H25NO4. The van der Waals surface area contributed by atoms with Gasteiger partial charge in [0.2, 0.25) is 0 Å². The van der Waals surface area contributed by atoms with Crippen LogP contribution in [0.15, 0.2) is 42.5 Å². The fourth-order valence-electron chi connectivity index (χ4n) is 2.58. The Hall–Kier alpha value is -2.40. The molecule has 0 aliphatic carbocycles. The second-order valence-corrected chi connectivity index (χ2v) is 5.62. The molecule has 0 aliphatic rings. The Balaban J connectivity index is 2.26. The van der Waals surface area contributed by atoms with Gasteiger partial charge in [-0.25, -0.2) is 0 Å². The van der Waals surface area contributed by atoms with E-state index in [4.69, 9.17) is 14.2 Å². The van der Waals surface area contributed by atoms with Crippen molar-refractivity contribution in [3.05, 3.63) is 48.0 Å². The van der Waals surface area contributed by atoms with Gasteiger partial charge in [-0.15, -0.1) is 0 Å². The lowest BCUT2D eigenvalue weighted by atomic mass is 10.00. The van der Waals surface area contributed by atoms with E-state index in [0.717, 1.165) is 17.0 Å². The molecule has 5 heteroatoms. The number of nitrogens with one attached hydrogen (secondary N) is 1. The third kappa shape index (κ3) is 4.55. The maximum absolute atomic E-state index is 9.86. The van der Waals surface area contributed by atoms with Crippen molar-refractivity contribution >= 4 is 5.69 Å². The van der Waals surface area contributed by atoms with Gasteiger partial charge in [0, 0.05) is 5.69 Å². The highest BCUT2D eigenvalue weighted by atomic mass is 16.5. The molecule has 0 unspecified atom stereocenters. The van der Waals surface area contributed by atoms with Crippen molar-refractivity contribution in [1.29, 1.82) is 0 Å². The van der Waals surface area contributed by atoms with Crippen molar-refractivity contribution in [2.75, 3.05) is 26.6 Å². The van der Waals surface area contributed by atoms with Gasteiger partial charge >= 0.3 is 0 Å². The summed E-state index contributed by atoms with van der Waals surface area (Å²) in [5, 5.41) is 13.3. The summed E-state index contributed by atoms with van der Waals surface area (Å²) in [6, 6.07) is 13.4. The third-order valence-electron chi connectivity index (χ3n) is 3.82. The van der Waals surface area contributed by atoms with Crippen LogP contribution in [0.2, 0.25) is 0 Å². The number of hydrogen-bond donors (Lipinski definition) is 2. The van der Waals surface area contributed by atoms with Crippen LogP contribution in [0.1, 0.15) is 24.9 Å². The molecule has 0 bridgehead atoms. The molecule has 0 aliphatic heterocycles. The highest BCUT2D eigenvalue weighted by Crippen LogP contribution is 2.33. The lowest BCUT2D eigenvalue weighted by Crippen LogP contribution is -2.16. The summed E-state index contributed by atoms with van der Waals surface area (Å²) in [6.45, 7) is 1.78. The van der Waals surface area contributed by atoms with Crippen molar-refractivity contribution in [2.45, 2.75) is 25.5 Å². The van der Waals surface area contributed by atoms with Crippen LogP contribution in [0, 0.1) is 0 Å². The summed E-state index contributed by atoms with van der Waals surface area (Å²) in [5.41, 5.74) is 1.97. The lowest BCUT2D eigenvalue weighted by Gasteiger charge is -2.23. The first kappa shape index (κ1) is 17.9. The van der Waals surface area contributed by atoms with E-state index in [-0.39, 0.29) is 6.04 Å². The second-order valence-electron chi connectivity index (χ2n) is 5.62. The summed E-state index contributed by atoms with van der Waals surface area (Å²) >= 11 is 0. The molecule has 2 rings (SSSR count). The number of hydrogen-bond acceptors (Lipinski definition) is 5. The SMILES string of the molecule is COc1ccc(N[C@@H](C[C@@H](C)O)c2ccc(OC)c(OC)c2)cc1. The highest BCUT2D eigenvalue weighted by molar-refractivity contribution is 5.50. The molecule has 2 N–H and O–H groups in total. The third-order valence-corrected chi connectivity index (χ3v) is 3.82. The average Bonchev–Trinajstić information content (AvgIpc) is 2.60. The normalized spacial score (nSPS) is 13.0. The van der Waals surface area contributed by atoms with Gasteiger partial charge in [0.15, 0.2) is 11.5 Å². The number of aliphatic hydroxyl groups is 1. The Bertz CT molecular complexity index is 640. The fraction of sp³-hybridized carbons (Fsp3) is 0.368. The Kier molecular flexibility index (Phi) is 6.32. The van der Waals surface area contributed by atoms with Gasteiger partial charge in [-0.2, -0.15) is 0 Å². The second kappa shape index (κ2) is 8.45. The van der Waals surface area contributed by atoms with E-state index in [9.17, 15) is 5.11 Å². The molecule has 2 aromatic carbocycles. The Morgan fingerprint density at radius 2 is 1.58 bits per heavy atom. The smallest absolute Gasteiger partial charge is 0.161 e. The van der Waals surface area contributed by atoms with Crippen molar-refractivity contribution < 1.29 is 19.3 Å². The molecular weight excluding hydrogens is 306 g/mol. The first-order valence-corrected chi connectivity index (χ1v) is 7.88. The monoisotopic (exact) mass is 331 g/mol. The van der Waals surface area contributed by atoms with Gasteiger partial charge in [-0.3, -0.25) is 0 Å². The molecule has 5 nitrogen and oxygen atoms in total. The van der Waals surface area contributed by atoms with Gasteiger partial charge in [0.05, 0.1) is 33.5 Å². The standard InChI is InChI=1S/C19H25NO4/c1-13(21)11-17(20-15-6-8-16(22-2)9-7-15)14-5-10-18(23-3)19(12-14)24-4/h5-10,12-13,17,20-21H,11H2,1-4H3/t13-,17+/m1/s1. The zero-order valence-corrected chi connectivity index (χ0v) is 14.6. The van der Waals surface area contributed by atoms with E-state index in [0.29, 0.717) is 17.9 Å². The molecule has 0 aromatic heterocycles. The van der Waals surface area contributed by atoms with E-state index in [1.807, 2.05) is 42.5 Å². The number of anilines is 1. The fourth-order valence-corrected chi connectivity index (χ4v) is 2.58. The molecule has 0 amide bonds. The molecule has 130 valence electrons. The van der Waals surface area contributed by atoms with E-state index < -0.39 is 6.10 Å². The Morgan fingerprint density at radius 1 is 0.917 bits per heavy atom. The van der Waals surface area contributed by atoms with Gasteiger partial charge in [0.1, 0.15) is 5.75 Å². The predicted octanol–water partition coefficient (Wildman–Crippen LogP) is 3.64. The van der Waals surface area contributed by atoms with Gasteiger partial charge in [0.25, 0.3) is 0 Å². The molecule has 0 fully saturated rings. The number of benzene rings is 2. The van der Waals surface area contributed by atoms with Crippen LogP contribution in [-0.2, 0) is 0 Å². The molecule has 0 saturated heterocycles. The summed E-state index contributed by atoms with van der Waals surface area (Å²) in [6.07, 6.45) is 0.135. The van der Waals surface area contributed by atoms with E-state index in [1.54, 1.807) is 28.3 Å². The van der Waals surface area contributed by atoms with E-state index in [2.05, 4.69) is 5.32 Å². The quantitative estimate of drug-likeness (QED) is 0.773. The van der Waals surface area contributed by atoms with E-state index >= 15 is 0 Å². The largest absolute Gasteiger partial charge is 0.497 e. The Morgan fingerprint density at radius 3 is 2.12 bits per heavy atom. The first-order chi connectivity index (χ1) is 11.6. The zero-order valence-electron chi connectivity index (χ0n) is 14.6. The number of ether oxygens (including phenoxy) is 3. The van der Waals surface area contributed by atoms with Crippen LogP contribution in [0.4, 0.5) is 5.69 Å². The minimum atomic E-state index is -0.436. The van der Waals surface area contributed by atoms with Crippen molar-refractivity contribution in [2.24, 2.45) is 0 Å². The topological polar surface area (TPSA) is 60.0 Å². The van der Waals surface area contributed by atoms with Crippen LogP contribution in [-0.4, -0.2) is 32.5 Å². The van der Waals surface area contributed by atoms with Crippen LogP contribution in [0.3, 0.4) is 0 Å². The molecule has 0 saturated carbocycles. The minimum Gasteiger partial charge on any atom is -0.497 e. The van der Waals surface area contributed by atoms with Gasteiger partial charge < -0.3 is 24.6 Å². The predicted molar refractivity (Wildman–Crippen MR) is 95.2 cm³/mol. The molecule has 0 heterocycles. The van der Waals surface area contributed by atoms with Crippen LogP contribution in [0.5, 0.6) is 17.2 Å². The molecule has 24 heavy (non-hydrogen) atoms.